The van der Waals surface area contributed by atoms with Crippen LogP contribution in [-0.4, -0.2) is 33.0 Å². The third-order valence-electron chi connectivity index (χ3n) is 4.10. The zero-order chi connectivity index (χ0) is 13.9. The van der Waals surface area contributed by atoms with Gasteiger partial charge >= 0.3 is 0 Å². The van der Waals surface area contributed by atoms with Crippen LogP contribution in [0.2, 0.25) is 0 Å². The fraction of sp³-hybridized carbons (Fsp3) is 0.467. The second-order valence-corrected chi connectivity index (χ2v) is 5.48. The molecule has 2 aromatic heterocycles. The predicted octanol–water partition coefficient (Wildman–Crippen LogP) is 1.62. The maximum Gasteiger partial charge on any atom is 0.251 e. The number of pyridine rings is 1. The van der Waals surface area contributed by atoms with Crippen molar-refractivity contribution in [3.63, 3.8) is 0 Å². The molecule has 3 rings (SSSR count). The van der Waals surface area contributed by atoms with Crippen LogP contribution < -0.4 is 5.32 Å². The summed E-state index contributed by atoms with van der Waals surface area (Å²) in [7, 11) is 0. The van der Waals surface area contributed by atoms with E-state index in [2.05, 4.69) is 10.3 Å². The fourth-order valence-corrected chi connectivity index (χ4v) is 2.81. The predicted molar refractivity (Wildman–Crippen MR) is 75.5 cm³/mol. The van der Waals surface area contributed by atoms with Crippen LogP contribution in [0.4, 0.5) is 0 Å². The van der Waals surface area contributed by atoms with E-state index in [1.54, 1.807) is 12.3 Å². The average molecular weight is 273 g/mol. The summed E-state index contributed by atoms with van der Waals surface area (Å²) in [5, 5.41) is 12.2. The maximum absolute atomic E-state index is 12.2. The third-order valence-corrected chi connectivity index (χ3v) is 4.10. The largest absolute Gasteiger partial charge is 0.396 e. The molecule has 2 N–H and O–H groups in total. The summed E-state index contributed by atoms with van der Waals surface area (Å²) in [6.07, 6.45) is 9.28. The van der Waals surface area contributed by atoms with Crippen LogP contribution in [0.1, 0.15) is 36.0 Å². The highest BCUT2D eigenvalue weighted by molar-refractivity contribution is 5.95. The lowest BCUT2D eigenvalue weighted by Crippen LogP contribution is -2.38. The van der Waals surface area contributed by atoms with Gasteiger partial charge in [-0.15, -0.1) is 0 Å². The lowest BCUT2D eigenvalue weighted by atomic mass is 9.86. The molecule has 1 aliphatic carbocycles. The Balaban J connectivity index is 1.64. The molecule has 1 fully saturated rings. The first kappa shape index (κ1) is 13.1. The minimum Gasteiger partial charge on any atom is -0.396 e. The van der Waals surface area contributed by atoms with E-state index in [1.807, 2.05) is 22.9 Å². The van der Waals surface area contributed by atoms with Crippen LogP contribution in [0, 0.1) is 5.92 Å². The number of rotatable bonds is 3. The highest BCUT2D eigenvalue weighted by Gasteiger charge is 2.22. The van der Waals surface area contributed by atoms with Crippen molar-refractivity contribution in [2.75, 3.05) is 6.61 Å². The highest BCUT2D eigenvalue weighted by atomic mass is 16.3. The van der Waals surface area contributed by atoms with Gasteiger partial charge in [-0.05, 0) is 43.7 Å². The second-order valence-electron chi connectivity index (χ2n) is 5.48. The van der Waals surface area contributed by atoms with E-state index in [4.69, 9.17) is 5.11 Å². The summed E-state index contributed by atoms with van der Waals surface area (Å²) < 4.78 is 1.88. The molecule has 0 unspecified atom stereocenters. The SMILES string of the molecule is O=C(NC1CCC(CO)CC1)c1ccn2ccnc2c1. The van der Waals surface area contributed by atoms with Gasteiger partial charge in [0.1, 0.15) is 5.65 Å². The first-order valence-electron chi connectivity index (χ1n) is 7.10. The monoisotopic (exact) mass is 273 g/mol. The summed E-state index contributed by atoms with van der Waals surface area (Å²) in [5.41, 5.74) is 1.43. The van der Waals surface area contributed by atoms with Crippen molar-refractivity contribution in [2.24, 2.45) is 5.92 Å². The Kier molecular flexibility index (Phi) is 3.69. The van der Waals surface area contributed by atoms with Gasteiger partial charge in [0, 0.05) is 36.8 Å². The normalized spacial score (nSPS) is 22.9. The minimum atomic E-state index is -0.0389. The molecule has 0 radical (unpaired) electrons. The van der Waals surface area contributed by atoms with E-state index in [1.165, 1.54) is 0 Å². The number of aliphatic hydroxyl groups excluding tert-OH is 1. The van der Waals surface area contributed by atoms with Gasteiger partial charge in [0.2, 0.25) is 0 Å². The van der Waals surface area contributed by atoms with Crippen LogP contribution in [0.3, 0.4) is 0 Å². The van der Waals surface area contributed by atoms with Crippen LogP contribution in [-0.2, 0) is 0 Å². The first-order chi connectivity index (χ1) is 9.76. The summed E-state index contributed by atoms with van der Waals surface area (Å²) in [6.45, 7) is 0.261. The van der Waals surface area contributed by atoms with Gasteiger partial charge in [0.05, 0.1) is 0 Å². The van der Waals surface area contributed by atoms with Crippen molar-refractivity contribution >= 4 is 11.6 Å². The van der Waals surface area contributed by atoms with Crippen LogP contribution >= 0.6 is 0 Å². The van der Waals surface area contributed by atoms with Crippen LogP contribution in [0.25, 0.3) is 5.65 Å². The first-order valence-corrected chi connectivity index (χ1v) is 7.10. The van der Waals surface area contributed by atoms with E-state index in [-0.39, 0.29) is 18.6 Å². The molecule has 2 aromatic rings. The van der Waals surface area contributed by atoms with Crippen molar-refractivity contribution in [2.45, 2.75) is 31.7 Å². The molecule has 0 atom stereocenters. The summed E-state index contributed by atoms with van der Waals surface area (Å²) >= 11 is 0. The van der Waals surface area contributed by atoms with Crippen molar-refractivity contribution in [3.05, 3.63) is 36.3 Å². The Labute approximate surface area is 117 Å². The van der Waals surface area contributed by atoms with Gasteiger partial charge in [0.25, 0.3) is 5.91 Å². The summed E-state index contributed by atoms with van der Waals surface area (Å²) in [4.78, 5) is 16.4. The number of carbonyl (C=O) groups is 1. The molecule has 0 aromatic carbocycles. The number of amides is 1. The van der Waals surface area contributed by atoms with E-state index >= 15 is 0 Å². The fourth-order valence-electron chi connectivity index (χ4n) is 2.81. The lowest BCUT2D eigenvalue weighted by molar-refractivity contribution is 0.0914. The molecule has 20 heavy (non-hydrogen) atoms. The summed E-state index contributed by atoms with van der Waals surface area (Å²) in [6, 6.07) is 3.83. The zero-order valence-corrected chi connectivity index (χ0v) is 11.3. The number of hydrogen-bond donors (Lipinski definition) is 2. The quantitative estimate of drug-likeness (QED) is 0.893. The van der Waals surface area contributed by atoms with Gasteiger partial charge in [-0.3, -0.25) is 4.79 Å². The topological polar surface area (TPSA) is 66.6 Å². The maximum atomic E-state index is 12.2. The van der Waals surface area contributed by atoms with Crippen LogP contribution in [0.5, 0.6) is 0 Å². The van der Waals surface area contributed by atoms with E-state index in [0.29, 0.717) is 11.5 Å². The van der Waals surface area contributed by atoms with Gasteiger partial charge < -0.3 is 14.8 Å². The Bertz CT molecular complexity index is 600. The third kappa shape index (κ3) is 2.67. The van der Waals surface area contributed by atoms with Gasteiger partial charge in [-0.25, -0.2) is 4.98 Å². The van der Waals surface area contributed by atoms with Crippen molar-refractivity contribution < 1.29 is 9.90 Å². The number of nitrogens with zero attached hydrogens (tertiary/aromatic N) is 2. The number of nitrogens with one attached hydrogen (secondary N) is 1. The Morgan fingerprint density at radius 3 is 2.90 bits per heavy atom. The van der Waals surface area contributed by atoms with Gasteiger partial charge in [-0.2, -0.15) is 0 Å². The number of hydrogen-bond acceptors (Lipinski definition) is 3. The number of carbonyl (C=O) groups excluding carboxylic acids is 1. The molecule has 1 amide bonds. The average Bonchev–Trinajstić information content (AvgIpc) is 2.95. The number of fused-ring (bicyclic) bond motifs is 1. The molecule has 2 heterocycles. The highest BCUT2D eigenvalue weighted by Crippen LogP contribution is 2.23. The van der Waals surface area contributed by atoms with Gasteiger partial charge in [-0.1, -0.05) is 0 Å². The molecular weight excluding hydrogens is 254 g/mol. The van der Waals surface area contributed by atoms with Crippen molar-refractivity contribution in [3.8, 4) is 0 Å². The van der Waals surface area contributed by atoms with Crippen molar-refractivity contribution in [1.29, 1.82) is 0 Å². The molecule has 1 aliphatic rings. The van der Waals surface area contributed by atoms with E-state index < -0.39 is 0 Å². The van der Waals surface area contributed by atoms with Crippen molar-refractivity contribution in [1.82, 2.24) is 14.7 Å². The van der Waals surface area contributed by atoms with E-state index in [0.717, 1.165) is 31.3 Å². The van der Waals surface area contributed by atoms with Gasteiger partial charge in [0.15, 0.2) is 0 Å². The number of imidazole rings is 1. The number of aromatic nitrogens is 2. The number of aliphatic hydroxyl groups is 1. The van der Waals surface area contributed by atoms with E-state index in [9.17, 15) is 4.79 Å². The molecular formula is C15H19N3O2. The molecule has 0 bridgehead atoms. The molecule has 0 spiro atoms. The lowest BCUT2D eigenvalue weighted by Gasteiger charge is -2.27. The smallest absolute Gasteiger partial charge is 0.251 e. The molecule has 5 heteroatoms. The Hall–Kier alpha value is -1.88. The standard InChI is InChI=1S/C15H19N3O2/c19-10-11-1-3-13(4-2-11)17-15(20)12-5-7-18-8-6-16-14(18)9-12/h5-9,11,13,19H,1-4,10H2,(H,17,20). The molecule has 106 valence electrons. The second kappa shape index (κ2) is 5.63. The molecule has 5 nitrogen and oxygen atoms in total. The van der Waals surface area contributed by atoms with Crippen LogP contribution in [0.15, 0.2) is 30.7 Å². The molecule has 0 aliphatic heterocycles. The molecule has 1 saturated carbocycles. The Morgan fingerprint density at radius 2 is 2.15 bits per heavy atom. The summed E-state index contributed by atoms with van der Waals surface area (Å²) in [5.74, 6) is 0.368. The Morgan fingerprint density at radius 1 is 1.35 bits per heavy atom. The minimum absolute atomic E-state index is 0.0389. The molecule has 0 saturated heterocycles. The zero-order valence-electron chi connectivity index (χ0n) is 11.3.